The zero-order valence-corrected chi connectivity index (χ0v) is 10.9. The van der Waals surface area contributed by atoms with Gasteiger partial charge in [-0.05, 0) is 48.7 Å². The van der Waals surface area contributed by atoms with E-state index in [0.29, 0.717) is 11.4 Å². The molecule has 0 fully saturated rings. The molecule has 1 heterocycles. The Hall–Kier alpha value is -1.85. The average Bonchev–Trinajstić information content (AvgIpc) is 2.40. The molecule has 0 aliphatic rings. The van der Waals surface area contributed by atoms with Crippen LogP contribution < -0.4 is 0 Å². The number of hydrogen-bond donors (Lipinski definition) is 0. The van der Waals surface area contributed by atoms with Crippen molar-refractivity contribution in [1.29, 1.82) is 5.26 Å². The lowest BCUT2D eigenvalue weighted by atomic mass is 9.79. The molecule has 0 saturated carbocycles. The van der Waals surface area contributed by atoms with E-state index in [-0.39, 0.29) is 0 Å². The summed E-state index contributed by atoms with van der Waals surface area (Å²) in [7, 11) is 0. The minimum atomic E-state index is -0.577. The van der Waals surface area contributed by atoms with E-state index in [1.54, 1.807) is 12.4 Å². The molecule has 0 N–H and O–H groups in total. The molecule has 1 atom stereocenters. The highest BCUT2D eigenvalue weighted by atomic mass is 35.5. The lowest BCUT2D eigenvalue weighted by Gasteiger charge is -2.22. The fraction of sp³-hybridized carbons (Fsp3) is 0.200. The van der Waals surface area contributed by atoms with E-state index in [4.69, 9.17) is 11.6 Å². The number of hydrogen-bond acceptors (Lipinski definition) is 2. The van der Waals surface area contributed by atoms with Crippen LogP contribution in [0.5, 0.6) is 0 Å². The number of pyridine rings is 1. The molecule has 3 heteroatoms. The second kappa shape index (κ2) is 5.20. The number of nitriles is 1. The Morgan fingerprint density at radius 2 is 2.00 bits per heavy atom. The van der Waals surface area contributed by atoms with Crippen molar-refractivity contribution in [3.8, 4) is 6.07 Å². The van der Waals surface area contributed by atoms with E-state index in [1.807, 2.05) is 43.3 Å². The number of benzene rings is 1. The van der Waals surface area contributed by atoms with Crippen molar-refractivity contribution < 1.29 is 0 Å². The van der Waals surface area contributed by atoms with Gasteiger partial charge in [0, 0.05) is 17.4 Å². The smallest absolute Gasteiger partial charge is 0.0835 e. The summed E-state index contributed by atoms with van der Waals surface area (Å²) in [5, 5.41) is 10.1. The first-order valence-corrected chi connectivity index (χ1v) is 6.08. The summed E-state index contributed by atoms with van der Waals surface area (Å²) in [6, 6.07) is 13.7. The van der Waals surface area contributed by atoms with Gasteiger partial charge in [0.1, 0.15) is 0 Å². The Bertz CT molecular complexity index is 575. The molecule has 0 amide bonds. The lowest BCUT2D eigenvalue weighted by Crippen LogP contribution is -2.22. The molecule has 90 valence electrons. The van der Waals surface area contributed by atoms with Gasteiger partial charge in [0.05, 0.1) is 11.5 Å². The van der Waals surface area contributed by atoms with Crippen LogP contribution >= 0.6 is 11.6 Å². The quantitative estimate of drug-likeness (QED) is 0.838. The van der Waals surface area contributed by atoms with E-state index in [2.05, 4.69) is 11.1 Å². The van der Waals surface area contributed by atoms with Gasteiger partial charge >= 0.3 is 0 Å². The van der Waals surface area contributed by atoms with Crippen LogP contribution in [0.25, 0.3) is 0 Å². The molecule has 2 nitrogen and oxygen atoms in total. The summed E-state index contributed by atoms with van der Waals surface area (Å²) in [6.45, 7) is 1.93. The van der Waals surface area contributed by atoms with Crippen molar-refractivity contribution in [3.05, 3.63) is 64.9 Å². The van der Waals surface area contributed by atoms with Crippen LogP contribution in [0.1, 0.15) is 18.1 Å². The number of halogens is 1. The van der Waals surface area contributed by atoms with Crippen LogP contribution in [-0.4, -0.2) is 4.98 Å². The molecule has 0 aliphatic heterocycles. The van der Waals surface area contributed by atoms with Crippen LogP contribution in [0.3, 0.4) is 0 Å². The normalized spacial score (nSPS) is 13.6. The summed E-state index contributed by atoms with van der Waals surface area (Å²) in [6.07, 6.45) is 4.13. The van der Waals surface area contributed by atoms with Gasteiger partial charge < -0.3 is 0 Å². The largest absolute Gasteiger partial charge is 0.265 e. The molecule has 18 heavy (non-hydrogen) atoms. The van der Waals surface area contributed by atoms with Crippen LogP contribution in [0.4, 0.5) is 0 Å². The molecule has 0 spiro atoms. The molecule has 1 aromatic carbocycles. The fourth-order valence-electron chi connectivity index (χ4n) is 1.95. The van der Waals surface area contributed by atoms with Gasteiger partial charge in [-0.2, -0.15) is 5.26 Å². The number of nitrogens with zero attached hydrogens (tertiary/aromatic N) is 2. The van der Waals surface area contributed by atoms with E-state index in [9.17, 15) is 5.26 Å². The fourth-order valence-corrected chi connectivity index (χ4v) is 2.14. The minimum absolute atomic E-state index is 0.577. The van der Waals surface area contributed by atoms with Gasteiger partial charge in [-0.25, -0.2) is 0 Å². The molecule has 0 radical (unpaired) electrons. The van der Waals surface area contributed by atoms with Crippen LogP contribution in [-0.2, 0) is 11.8 Å². The first kappa shape index (κ1) is 12.6. The topological polar surface area (TPSA) is 36.7 Å². The zero-order valence-electron chi connectivity index (χ0n) is 10.1. The first-order valence-electron chi connectivity index (χ1n) is 5.70. The lowest BCUT2D eigenvalue weighted by molar-refractivity contribution is 0.606. The van der Waals surface area contributed by atoms with Gasteiger partial charge in [0.25, 0.3) is 0 Å². The van der Waals surface area contributed by atoms with Crippen molar-refractivity contribution in [2.24, 2.45) is 0 Å². The van der Waals surface area contributed by atoms with Gasteiger partial charge in [-0.1, -0.05) is 23.7 Å². The highest BCUT2D eigenvalue weighted by Gasteiger charge is 2.27. The Morgan fingerprint density at radius 3 is 2.61 bits per heavy atom. The van der Waals surface area contributed by atoms with E-state index in [1.165, 1.54) is 0 Å². The summed E-state index contributed by atoms with van der Waals surface area (Å²) >= 11 is 5.99. The third-order valence-electron chi connectivity index (χ3n) is 3.02. The highest BCUT2D eigenvalue weighted by molar-refractivity contribution is 6.30. The minimum Gasteiger partial charge on any atom is -0.265 e. The van der Waals surface area contributed by atoms with Crippen LogP contribution in [0, 0.1) is 11.3 Å². The molecule has 0 bridgehead atoms. The summed E-state index contributed by atoms with van der Waals surface area (Å²) in [4.78, 5) is 3.98. The molecule has 1 aromatic heterocycles. The first-order chi connectivity index (χ1) is 8.64. The van der Waals surface area contributed by atoms with Crippen molar-refractivity contribution >= 4 is 11.6 Å². The van der Waals surface area contributed by atoms with Crippen LogP contribution in [0.2, 0.25) is 5.02 Å². The Morgan fingerprint density at radius 1 is 1.28 bits per heavy atom. The maximum Gasteiger partial charge on any atom is 0.0835 e. The van der Waals surface area contributed by atoms with Gasteiger partial charge in [0.2, 0.25) is 0 Å². The monoisotopic (exact) mass is 256 g/mol. The standard InChI is InChI=1S/C15H13ClN2/c1-15(11-17,10-12-5-7-18-8-6-12)13-3-2-4-14(16)9-13/h2-9H,10H2,1H3. The number of aromatic nitrogens is 1. The van der Waals surface area contributed by atoms with Crippen molar-refractivity contribution in [2.45, 2.75) is 18.8 Å². The molecule has 2 rings (SSSR count). The van der Waals surface area contributed by atoms with Crippen molar-refractivity contribution in [3.63, 3.8) is 0 Å². The Kier molecular flexibility index (Phi) is 3.64. The second-order valence-electron chi connectivity index (χ2n) is 4.49. The maximum absolute atomic E-state index is 9.48. The van der Waals surface area contributed by atoms with Crippen molar-refractivity contribution in [2.75, 3.05) is 0 Å². The molecular formula is C15H13ClN2. The maximum atomic E-state index is 9.48. The average molecular weight is 257 g/mol. The van der Waals surface area contributed by atoms with Gasteiger partial charge in [0.15, 0.2) is 0 Å². The molecule has 0 aliphatic carbocycles. The van der Waals surface area contributed by atoms with E-state index < -0.39 is 5.41 Å². The predicted molar refractivity (Wildman–Crippen MR) is 72.4 cm³/mol. The third-order valence-corrected chi connectivity index (χ3v) is 3.25. The van der Waals surface area contributed by atoms with E-state index >= 15 is 0 Å². The van der Waals surface area contributed by atoms with Gasteiger partial charge in [-0.15, -0.1) is 0 Å². The predicted octanol–water partition coefficient (Wildman–Crippen LogP) is 3.76. The third kappa shape index (κ3) is 2.69. The number of rotatable bonds is 3. The molecular weight excluding hydrogens is 244 g/mol. The SMILES string of the molecule is CC(C#N)(Cc1ccncc1)c1cccc(Cl)c1. The zero-order chi connectivity index (χ0) is 13.0. The Balaban J connectivity index is 2.35. The molecule has 0 saturated heterocycles. The van der Waals surface area contributed by atoms with Crippen molar-refractivity contribution in [1.82, 2.24) is 4.98 Å². The Labute approximate surface area is 112 Å². The molecule has 1 unspecified atom stereocenters. The summed E-state index contributed by atoms with van der Waals surface area (Å²) in [5.74, 6) is 0. The van der Waals surface area contributed by atoms with Gasteiger partial charge in [-0.3, -0.25) is 4.98 Å². The second-order valence-corrected chi connectivity index (χ2v) is 4.92. The molecule has 2 aromatic rings. The summed E-state index contributed by atoms with van der Waals surface area (Å²) < 4.78 is 0. The summed E-state index contributed by atoms with van der Waals surface area (Å²) in [5.41, 5.74) is 1.45. The van der Waals surface area contributed by atoms with E-state index in [0.717, 1.165) is 11.1 Å². The van der Waals surface area contributed by atoms with Crippen LogP contribution in [0.15, 0.2) is 48.8 Å². The highest BCUT2D eigenvalue weighted by Crippen LogP contribution is 2.29.